The van der Waals surface area contributed by atoms with Gasteiger partial charge in [0.15, 0.2) is 0 Å². The SMILES string of the molecule is CNCCCN(C)c1cc(C(N)=O)cc(C)n1. The van der Waals surface area contributed by atoms with E-state index in [1.165, 1.54) is 0 Å². The molecule has 0 aliphatic carbocycles. The molecule has 0 aliphatic rings. The van der Waals surface area contributed by atoms with E-state index in [0.717, 1.165) is 31.0 Å². The second-order valence-electron chi connectivity index (χ2n) is 4.10. The third-order valence-corrected chi connectivity index (χ3v) is 2.54. The minimum absolute atomic E-state index is 0.416. The van der Waals surface area contributed by atoms with Crippen LogP contribution in [0.25, 0.3) is 0 Å². The maximum absolute atomic E-state index is 11.2. The number of carbonyl (C=O) groups excluding carboxylic acids is 1. The standard InChI is InChI=1S/C12H20N4O/c1-9-7-10(12(13)17)8-11(15-9)16(3)6-4-5-14-2/h7-8,14H,4-6H2,1-3H3,(H2,13,17). The fourth-order valence-electron chi connectivity index (χ4n) is 1.60. The van der Waals surface area contributed by atoms with Crippen LogP contribution in [-0.2, 0) is 0 Å². The van der Waals surface area contributed by atoms with Crippen molar-refractivity contribution in [2.45, 2.75) is 13.3 Å². The number of hydrogen-bond acceptors (Lipinski definition) is 4. The molecule has 0 atom stereocenters. The number of rotatable bonds is 6. The number of nitrogens with two attached hydrogens (primary N) is 1. The monoisotopic (exact) mass is 236 g/mol. The van der Waals surface area contributed by atoms with Gasteiger partial charge >= 0.3 is 0 Å². The molecule has 1 aromatic rings. The Labute approximate surface area is 102 Å². The van der Waals surface area contributed by atoms with Gasteiger partial charge in [-0.05, 0) is 39.1 Å². The maximum atomic E-state index is 11.2. The fraction of sp³-hybridized carbons (Fsp3) is 0.500. The molecule has 0 saturated heterocycles. The molecule has 1 rings (SSSR count). The number of nitrogens with one attached hydrogen (secondary N) is 1. The maximum Gasteiger partial charge on any atom is 0.248 e. The van der Waals surface area contributed by atoms with Gasteiger partial charge in [-0.1, -0.05) is 0 Å². The average molecular weight is 236 g/mol. The van der Waals surface area contributed by atoms with Gasteiger partial charge in [-0.2, -0.15) is 0 Å². The van der Waals surface area contributed by atoms with Gasteiger partial charge in [0.1, 0.15) is 5.82 Å². The van der Waals surface area contributed by atoms with Crippen molar-refractivity contribution in [3.63, 3.8) is 0 Å². The highest BCUT2D eigenvalue weighted by atomic mass is 16.1. The summed E-state index contributed by atoms with van der Waals surface area (Å²) in [7, 11) is 3.89. The van der Waals surface area contributed by atoms with Gasteiger partial charge in [-0.3, -0.25) is 4.79 Å². The zero-order valence-electron chi connectivity index (χ0n) is 10.7. The van der Waals surface area contributed by atoms with E-state index >= 15 is 0 Å². The van der Waals surface area contributed by atoms with E-state index in [1.54, 1.807) is 12.1 Å². The molecule has 0 aliphatic heterocycles. The smallest absolute Gasteiger partial charge is 0.248 e. The Morgan fingerprint density at radius 2 is 2.24 bits per heavy atom. The Morgan fingerprint density at radius 1 is 1.53 bits per heavy atom. The van der Waals surface area contributed by atoms with Crippen molar-refractivity contribution in [3.8, 4) is 0 Å². The molecule has 0 unspecified atom stereocenters. The van der Waals surface area contributed by atoms with Crippen LogP contribution < -0.4 is 16.0 Å². The number of nitrogens with zero attached hydrogens (tertiary/aromatic N) is 2. The van der Waals surface area contributed by atoms with Crippen molar-refractivity contribution < 1.29 is 4.79 Å². The number of primary amides is 1. The normalized spacial score (nSPS) is 10.3. The molecule has 0 aromatic carbocycles. The van der Waals surface area contributed by atoms with E-state index in [1.807, 2.05) is 25.9 Å². The Hall–Kier alpha value is -1.62. The van der Waals surface area contributed by atoms with Crippen LogP contribution in [0.3, 0.4) is 0 Å². The number of anilines is 1. The van der Waals surface area contributed by atoms with Crippen LogP contribution in [0.5, 0.6) is 0 Å². The lowest BCUT2D eigenvalue weighted by atomic mass is 10.2. The molecule has 0 fully saturated rings. The fourth-order valence-corrected chi connectivity index (χ4v) is 1.60. The summed E-state index contributed by atoms with van der Waals surface area (Å²) >= 11 is 0. The van der Waals surface area contributed by atoms with Gasteiger partial charge in [-0.25, -0.2) is 4.98 Å². The van der Waals surface area contributed by atoms with Crippen molar-refractivity contribution in [3.05, 3.63) is 23.4 Å². The van der Waals surface area contributed by atoms with Crippen LogP contribution in [0.15, 0.2) is 12.1 Å². The Morgan fingerprint density at radius 3 is 2.82 bits per heavy atom. The molecule has 17 heavy (non-hydrogen) atoms. The molecule has 0 saturated carbocycles. The number of aromatic nitrogens is 1. The van der Waals surface area contributed by atoms with Crippen LogP contribution in [0.1, 0.15) is 22.5 Å². The number of hydrogen-bond donors (Lipinski definition) is 2. The second kappa shape index (κ2) is 6.20. The van der Waals surface area contributed by atoms with Crippen LogP contribution in [0.4, 0.5) is 5.82 Å². The van der Waals surface area contributed by atoms with Crippen molar-refractivity contribution in [2.75, 3.05) is 32.1 Å². The number of carbonyl (C=O) groups is 1. The highest BCUT2D eigenvalue weighted by molar-refractivity contribution is 5.93. The van der Waals surface area contributed by atoms with Crippen molar-refractivity contribution in [1.82, 2.24) is 10.3 Å². The van der Waals surface area contributed by atoms with E-state index in [0.29, 0.717) is 5.56 Å². The third-order valence-electron chi connectivity index (χ3n) is 2.54. The Bertz CT molecular complexity index is 392. The zero-order valence-corrected chi connectivity index (χ0v) is 10.7. The molecule has 0 bridgehead atoms. The summed E-state index contributed by atoms with van der Waals surface area (Å²) in [6.45, 7) is 3.70. The molecular weight excluding hydrogens is 216 g/mol. The van der Waals surface area contributed by atoms with E-state index in [9.17, 15) is 4.79 Å². The Kier molecular flexibility index (Phi) is 4.90. The summed E-state index contributed by atoms with van der Waals surface area (Å²) in [4.78, 5) is 17.6. The highest BCUT2D eigenvalue weighted by Gasteiger charge is 2.08. The minimum Gasteiger partial charge on any atom is -0.366 e. The number of amides is 1. The second-order valence-corrected chi connectivity index (χ2v) is 4.10. The van der Waals surface area contributed by atoms with Gasteiger partial charge in [0, 0.05) is 24.8 Å². The van der Waals surface area contributed by atoms with E-state index < -0.39 is 5.91 Å². The summed E-state index contributed by atoms with van der Waals surface area (Å²) < 4.78 is 0. The molecule has 1 aromatic heterocycles. The molecule has 94 valence electrons. The van der Waals surface area contributed by atoms with E-state index in [4.69, 9.17) is 5.73 Å². The number of aryl methyl sites for hydroxylation is 1. The first kappa shape index (κ1) is 13.4. The van der Waals surface area contributed by atoms with Crippen molar-refractivity contribution >= 4 is 11.7 Å². The van der Waals surface area contributed by atoms with Gasteiger partial charge in [0.25, 0.3) is 0 Å². The molecule has 1 amide bonds. The first-order valence-electron chi connectivity index (χ1n) is 5.69. The summed E-state index contributed by atoms with van der Waals surface area (Å²) in [6, 6.07) is 3.43. The summed E-state index contributed by atoms with van der Waals surface area (Å²) in [6.07, 6.45) is 1.02. The van der Waals surface area contributed by atoms with Crippen molar-refractivity contribution in [2.24, 2.45) is 5.73 Å². The quantitative estimate of drug-likeness (QED) is 0.707. The van der Waals surface area contributed by atoms with Gasteiger partial charge in [0.2, 0.25) is 5.91 Å². The average Bonchev–Trinajstić information content (AvgIpc) is 2.28. The van der Waals surface area contributed by atoms with Gasteiger partial charge < -0.3 is 16.0 Å². The summed E-state index contributed by atoms with van der Waals surface area (Å²) in [5.74, 6) is 0.371. The van der Waals surface area contributed by atoms with Gasteiger partial charge in [-0.15, -0.1) is 0 Å². The van der Waals surface area contributed by atoms with Crippen LogP contribution in [0.2, 0.25) is 0 Å². The third kappa shape index (κ3) is 4.03. The van der Waals surface area contributed by atoms with Crippen LogP contribution >= 0.6 is 0 Å². The van der Waals surface area contributed by atoms with Gasteiger partial charge in [0.05, 0.1) is 0 Å². The zero-order chi connectivity index (χ0) is 12.8. The largest absolute Gasteiger partial charge is 0.366 e. The van der Waals surface area contributed by atoms with E-state index in [2.05, 4.69) is 10.3 Å². The predicted octanol–water partition coefficient (Wildman–Crippen LogP) is 0.535. The lowest BCUT2D eigenvalue weighted by Crippen LogP contribution is -2.24. The first-order valence-corrected chi connectivity index (χ1v) is 5.69. The molecular formula is C12H20N4O. The molecule has 0 spiro atoms. The molecule has 5 heteroatoms. The predicted molar refractivity (Wildman–Crippen MR) is 69.3 cm³/mol. The lowest BCUT2D eigenvalue weighted by molar-refractivity contribution is 0.1000. The highest BCUT2D eigenvalue weighted by Crippen LogP contribution is 2.13. The molecule has 3 N–H and O–H groups in total. The number of pyridine rings is 1. The summed E-state index contributed by atoms with van der Waals surface area (Å²) in [5, 5.41) is 3.09. The lowest BCUT2D eigenvalue weighted by Gasteiger charge is -2.19. The summed E-state index contributed by atoms with van der Waals surface area (Å²) in [5.41, 5.74) is 6.59. The van der Waals surface area contributed by atoms with Crippen molar-refractivity contribution in [1.29, 1.82) is 0 Å². The molecule has 5 nitrogen and oxygen atoms in total. The first-order chi connectivity index (χ1) is 8.04. The van der Waals surface area contributed by atoms with Crippen LogP contribution in [-0.4, -0.2) is 38.1 Å². The topological polar surface area (TPSA) is 71.2 Å². The minimum atomic E-state index is -0.416. The molecule has 1 heterocycles. The Balaban J connectivity index is 2.78. The van der Waals surface area contributed by atoms with E-state index in [-0.39, 0.29) is 0 Å². The van der Waals surface area contributed by atoms with Crippen LogP contribution in [0, 0.1) is 6.92 Å². The molecule has 0 radical (unpaired) electrons.